The van der Waals surface area contributed by atoms with Gasteiger partial charge in [0.05, 0.1) is 19.0 Å². The Morgan fingerprint density at radius 2 is 1.76 bits per heavy atom. The minimum absolute atomic E-state index is 0.0403. The molecule has 0 aliphatic heterocycles. The second-order valence-electron chi connectivity index (χ2n) is 9.44. The molecule has 12 nitrogen and oxygen atoms in total. The summed E-state index contributed by atoms with van der Waals surface area (Å²) in [6.07, 6.45) is -9.31. The predicted octanol–water partition coefficient (Wildman–Crippen LogP) is 4.21. The lowest BCUT2D eigenvalue weighted by Crippen LogP contribution is -2.49. The van der Waals surface area contributed by atoms with Crippen LogP contribution in [0.5, 0.6) is 5.75 Å². The van der Waals surface area contributed by atoms with E-state index in [2.05, 4.69) is 24.8 Å². The Balaban J connectivity index is 1.86. The van der Waals surface area contributed by atoms with E-state index < -0.39 is 61.3 Å². The van der Waals surface area contributed by atoms with Gasteiger partial charge in [-0.05, 0) is 38.5 Å². The molecule has 3 rings (SSSR count). The molecule has 3 atom stereocenters. The van der Waals surface area contributed by atoms with Gasteiger partial charge in [-0.3, -0.25) is 9.36 Å². The summed E-state index contributed by atoms with van der Waals surface area (Å²) in [5, 5.41) is 13.7. The van der Waals surface area contributed by atoms with Crippen LogP contribution in [0.2, 0.25) is 0 Å². The van der Waals surface area contributed by atoms with Crippen LogP contribution in [0, 0.1) is 0 Å². The van der Waals surface area contributed by atoms with Gasteiger partial charge >= 0.3 is 18.5 Å². The van der Waals surface area contributed by atoms with E-state index in [0.717, 1.165) is 13.8 Å². The summed E-state index contributed by atoms with van der Waals surface area (Å²) in [4.78, 5) is 23.7. The van der Waals surface area contributed by atoms with Crippen LogP contribution < -0.4 is 20.6 Å². The number of halogens is 6. The number of nitrogens with one attached hydrogen (secondary N) is 2. The number of alkyl halides is 6. The molecule has 0 saturated carbocycles. The van der Waals surface area contributed by atoms with Gasteiger partial charge in [0, 0.05) is 0 Å². The number of aromatic nitrogens is 4. The fourth-order valence-corrected chi connectivity index (χ4v) is 5.98. The second kappa shape index (κ2) is 11.8. The Labute approximate surface area is 228 Å². The molecular weight excluding hydrogens is 587 g/mol. The molecule has 19 heteroatoms. The number of benzene rings is 1. The number of ether oxygens (including phenoxy) is 2. The zero-order valence-corrected chi connectivity index (χ0v) is 22.6. The maximum atomic E-state index is 14.1. The summed E-state index contributed by atoms with van der Waals surface area (Å²) < 4.78 is 104. The molecule has 0 aliphatic carbocycles. The topological polar surface area (TPSA) is 167 Å². The van der Waals surface area contributed by atoms with E-state index in [4.69, 9.17) is 10.5 Å². The molecule has 1 aromatic carbocycles. The van der Waals surface area contributed by atoms with Crippen molar-refractivity contribution in [2.24, 2.45) is 0 Å². The molecule has 41 heavy (non-hydrogen) atoms. The monoisotopic (exact) mass is 613 g/mol. The Morgan fingerprint density at radius 3 is 2.32 bits per heavy atom. The number of hydrogen-bond donors (Lipinski definition) is 4. The van der Waals surface area contributed by atoms with Crippen LogP contribution >= 0.6 is 7.44 Å². The molecule has 0 saturated heterocycles. The van der Waals surface area contributed by atoms with Crippen LogP contribution in [-0.4, -0.2) is 61.1 Å². The number of nitrogens with zero attached hydrogens (tertiary/aromatic N) is 4. The van der Waals surface area contributed by atoms with Gasteiger partial charge in [0.1, 0.15) is 35.5 Å². The number of carboxylic acids is 1. The summed E-state index contributed by atoms with van der Waals surface area (Å²) >= 11 is 0. The number of aliphatic carboxylic acids is 1. The smallest absolute Gasteiger partial charge is 0.480 e. The Morgan fingerprint density at radius 1 is 1.12 bits per heavy atom. The van der Waals surface area contributed by atoms with E-state index in [1.54, 1.807) is 0 Å². The summed E-state index contributed by atoms with van der Waals surface area (Å²) in [6.45, 7) is 3.73. The normalized spacial score (nSPS) is 15.8. The highest BCUT2D eigenvalue weighted by Gasteiger charge is 2.47. The van der Waals surface area contributed by atoms with E-state index in [1.807, 2.05) is 5.09 Å². The first-order valence-corrected chi connectivity index (χ1v) is 13.5. The fourth-order valence-electron chi connectivity index (χ4n) is 3.60. The highest BCUT2D eigenvalue weighted by atomic mass is 31.2. The van der Waals surface area contributed by atoms with Crippen LogP contribution in [0.15, 0.2) is 36.9 Å². The number of imidazole rings is 1. The molecule has 5 N–H and O–H groups in total. The van der Waals surface area contributed by atoms with Crippen molar-refractivity contribution in [2.75, 3.05) is 12.1 Å². The number of carbonyl (C=O) groups is 1. The van der Waals surface area contributed by atoms with Crippen molar-refractivity contribution in [3.63, 3.8) is 0 Å². The molecule has 2 heterocycles. The maximum absolute atomic E-state index is 14.1. The Kier molecular flexibility index (Phi) is 9.22. The van der Waals surface area contributed by atoms with Gasteiger partial charge in [0.25, 0.3) is 0 Å². The van der Waals surface area contributed by atoms with Gasteiger partial charge in [-0.15, -0.1) is 13.2 Å². The van der Waals surface area contributed by atoms with Crippen LogP contribution in [0.4, 0.5) is 32.2 Å². The molecule has 3 aromatic rings. The molecule has 226 valence electrons. The summed E-state index contributed by atoms with van der Waals surface area (Å²) in [6, 6.07) is 0.0435. The molecule has 0 radical (unpaired) electrons. The van der Waals surface area contributed by atoms with Gasteiger partial charge in [-0.1, -0.05) is 12.1 Å². The van der Waals surface area contributed by atoms with Gasteiger partial charge in [-0.2, -0.15) is 13.2 Å². The van der Waals surface area contributed by atoms with Crippen molar-refractivity contribution in [3.05, 3.63) is 42.5 Å². The molecule has 1 unspecified atom stereocenters. The Hall–Kier alpha value is -3.47. The molecule has 0 fully saturated rings. The average Bonchev–Trinajstić information content (AvgIpc) is 3.24. The first-order valence-electron chi connectivity index (χ1n) is 11.6. The van der Waals surface area contributed by atoms with E-state index in [0.29, 0.717) is 35.4 Å². The minimum Gasteiger partial charge on any atom is -0.480 e. The van der Waals surface area contributed by atoms with Crippen molar-refractivity contribution in [1.82, 2.24) is 29.7 Å². The number of rotatable bonds is 12. The van der Waals surface area contributed by atoms with E-state index in [1.165, 1.54) is 24.1 Å². The van der Waals surface area contributed by atoms with Gasteiger partial charge < -0.3 is 24.9 Å². The zero-order chi connectivity index (χ0) is 30.8. The van der Waals surface area contributed by atoms with Gasteiger partial charge in [0.2, 0.25) is 7.44 Å². The molecular formula is C22H26F6N7O5P. The van der Waals surface area contributed by atoms with Crippen molar-refractivity contribution in [3.8, 4) is 5.75 Å². The summed E-state index contributed by atoms with van der Waals surface area (Å²) in [7, 11) is -4.56. The van der Waals surface area contributed by atoms with Crippen LogP contribution in [0.3, 0.4) is 0 Å². The van der Waals surface area contributed by atoms with Crippen LogP contribution in [0.25, 0.3) is 11.2 Å². The maximum Gasteiger partial charge on any atom is 0.573 e. The molecule has 2 aromatic heterocycles. The van der Waals surface area contributed by atoms with Crippen molar-refractivity contribution in [1.29, 1.82) is 0 Å². The zero-order valence-electron chi connectivity index (χ0n) is 21.7. The van der Waals surface area contributed by atoms with Crippen molar-refractivity contribution < 1.29 is 50.3 Å². The number of nitrogens with two attached hydrogens (primary N) is 1. The van der Waals surface area contributed by atoms with E-state index in [9.17, 15) is 40.8 Å². The summed E-state index contributed by atoms with van der Waals surface area (Å²) in [5.74, 6) is -2.18. The third-order valence-electron chi connectivity index (χ3n) is 5.53. The number of hydrogen-bond acceptors (Lipinski definition) is 8. The number of fused-ring (bicyclic) bond motifs is 1. The second-order valence-corrected chi connectivity index (χ2v) is 11.7. The predicted molar refractivity (Wildman–Crippen MR) is 133 cm³/mol. The standard InChI is InChI=1S/C22H26F6N7O5P/c1-12(8-35-10-32-15-17(29)30-9-31-18(15)35)39-11-41(38,34-20(2,3)19(36)37)33-16(21(23,24)25)13-4-6-14(7-5-13)40-22(26,27)28/h4-7,9-10,12,16H,8,11H2,1-3H3,(H,36,37)(H2,29,30,31)(H2,33,34,38)/t12-,16-,41?/m1/s1. The fraction of sp³-hybridized carbons (Fsp3) is 0.455. The summed E-state index contributed by atoms with van der Waals surface area (Å²) in [5.41, 5.74) is 3.80. The SMILES string of the molecule is C[C@H](Cn1cnc2c(N)ncnc21)OCP(=O)(N[C@H](c1ccc(OC(F)(F)F)cc1)C(F)(F)F)NC(C)(C)C(=O)O. The van der Waals surface area contributed by atoms with Crippen molar-refractivity contribution >= 4 is 30.4 Å². The first kappa shape index (κ1) is 32.0. The third-order valence-corrected chi connectivity index (χ3v) is 7.64. The highest BCUT2D eigenvalue weighted by Crippen LogP contribution is 2.46. The number of nitrogen functional groups attached to an aromatic ring is 1. The van der Waals surface area contributed by atoms with Crippen LogP contribution in [-0.2, 0) is 20.6 Å². The number of anilines is 1. The van der Waals surface area contributed by atoms with Crippen molar-refractivity contribution in [2.45, 2.75) is 57.5 Å². The first-order chi connectivity index (χ1) is 18.8. The number of carboxylic acid groups (broad SMARTS) is 1. The van der Waals surface area contributed by atoms with E-state index in [-0.39, 0.29) is 12.4 Å². The lowest BCUT2D eigenvalue weighted by Gasteiger charge is -2.33. The van der Waals surface area contributed by atoms with Gasteiger partial charge in [-0.25, -0.2) is 25.1 Å². The lowest BCUT2D eigenvalue weighted by atomic mass is 10.1. The lowest BCUT2D eigenvalue weighted by molar-refractivity contribution is -0.274. The molecule has 0 spiro atoms. The van der Waals surface area contributed by atoms with E-state index >= 15 is 0 Å². The molecule has 0 amide bonds. The Bertz CT molecular complexity index is 1410. The quantitative estimate of drug-likeness (QED) is 0.171. The minimum atomic E-state index is -5.11. The highest BCUT2D eigenvalue weighted by molar-refractivity contribution is 7.59. The van der Waals surface area contributed by atoms with Gasteiger partial charge in [0.15, 0.2) is 11.5 Å². The third kappa shape index (κ3) is 8.51. The van der Waals surface area contributed by atoms with Crippen LogP contribution in [0.1, 0.15) is 32.4 Å². The largest absolute Gasteiger partial charge is 0.573 e. The molecule has 0 aliphatic rings. The molecule has 0 bridgehead atoms. The average molecular weight is 613 g/mol.